The number of rotatable bonds is 4. The van der Waals surface area contributed by atoms with Gasteiger partial charge in [-0.1, -0.05) is 153 Å². The third-order valence-corrected chi connectivity index (χ3v) is 11.6. The van der Waals surface area contributed by atoms with Crippen LogP contribution in [0.25, 0.3) is 94.1 Å². The highest BCUT2D eigenvalue weighted by molar-refractivity contribution is 6.28. The average molecular weight is 690 g/mol. The van der Waals surface area contributed by atoms with Crippen LogP contribution in [0.15, 0.2) is 176 Å². The number of aromatic nitrogens is 3. The maximum Gasteiger partial charge on any atom is 0.160 e. The highest BCUT2D eigenvalue weighted by atomic mass is 15.0. The molecule has 0 N–H and O–H groups in total. The minimum atomic E-state index is -0.104. The van der Waals surface area contributed by atoms with Gasteiger partial charge in [0.1, 0.15) is 0 Å². The first-order valence-corrected chi connectivity index (χ1v) is 18.7. The van der Waals surface area contributed by atoms with E-state index in [9.17, 15) is 0 Å². The first-order chi connectivity index (χ1) is 26.5. The van der Waals surface area contributed by atoms with E-state index in [1.807, 2.05) is 6.07 Å². The second-order valence-electron chi connectivity index (χ2n) is 15.0. The molecule has 2 aromatic heterocycles. The fourth-order valence-corrected chi connectivity index (χ4v) is 8.95. The molecule has 8 aromatic carbocycles. The number of hydrogen-bond acceptors (Lipinski definition) is 2. The molecule has 254 valence electrons. The molecule has 0 radical (unpaired) electrons. The predicted molar refractivity (Wildman–Crippen MR) is 225 cm³/mol. The van der Waals surface area contributed by atoms with E-state index >= 15 is 0 Å². The standard InChI is InChI=1S/C51H35N3/c1-51(2)42-22-11-10-21-40(42)41-26-23-35(30-43(41)51)45-31-44(34-15-4-3-5-16-34)52-50(53-45)36-17-12-18-37(29-36)54-46-27-24-32-13-6-8-19-38(32)48(46)49-39-20-9-7-14-33(39)25-28-47(49)54/h3-31H,1-2H3. The normalized spacial score (nSPS) is 13.1. The molecule has 0 aliphatic heterocycles. The quantitative estimate of drug-likeness (QED) is 0.184. The monoisotopic (exact) mass is 689 g/mol. The molecule has 1 aliphatic carbocycles. The van der Waals surface area contributed by atoms with Crippen molar-refractivity contribution in [1.29, 1.82) is 0 Å². The summed E-state index contributed by atoms with van der Waals surface area (Å²) in [6.07, 6.45) is 0. The van der Waals surface area contributed by atoms with E-state index < -0.39 is 0 Å². The third-order valence-electron chi connectivity index (χ3n) is 11.6. The fraction of sp³-hybridized carbons (Fsp3) is 0.0588. The Morgan fingerprint density at radius 2 is 1.02 bits per heavy atom. The zero-order valence-corrected chi connectivity index (χ0v) is 30.1. The number of hydrogen-bond donors (Lipinski definition) is 0. The van der Waals surface area contributed by atoms with E-state index in [0.717, 1.165) is 33.8 Å². The Morgan fingerprint density at radius 3 is 1.74 bits per heavy atom. The van der Waals surface area contributed by atoms with Crippen LogP contribution in [0, 0.1) is 0 Å². The van der Waals surface area contributed by atoms with E-state index in [2.05, 4.69) is 188 Å². The van der Waals surface area contributed by atoms with Gasteiger partial charge in [0, 0.05) is 38.6 Å². The molecule has 3 nitrogen and oxygen atoms in total. The van der Waals surface area contributed by atoms with Crippen LogP contribution in [-0.4, -0.2) is 14.5 Å². The Morgan fingerprint density at radius 1 is 0.426 bits per heavy atom. The molecule has 1 aliphatic rings. The summed E-state index contributed by atoms with van der Waals surface area (Å²) in [5.74, 6) is 0.702. The molecule has 0 bridgehead atoms. The first kappa shape index (κ1) is 30.8. The maximum absolute atomic E-state index is 5.33. The average Bonchev–Trinajstić information content (AvgIpc) is 3.70. The van der Waals surface area contributed by atoms with Crippen molar-refractivity contribution in [3.8, 4) is 50.7 Å². The van der Waals surface area contributed by atoms with Gasteiger partial charge in [-0.25, -0.2) is 9.97 Å². The van der Waals surface area contributed by atoms with E-state index in [1.54, 1.807) is 0 Å². The smallest absolute Gasteiger partial charge is 0.160 e. The van der Waals surface area contributed by atoms with Crippen LogP contribution >= 0.6 is 0 Å². The van der Waals surface area contributed by atoms with Crippen molar-refractivity contribution in [1.82, 2.24) is 14.5 Å². The molecule has 0 fully saturated rings. The molecule has 0 amide bonds. The summed E-state index contributed by atoms with van der Waals surface area (Å²) >= 11 is 0. The lowest BCUT2D eigenvalue weighted by Crippen LogP contribution is -2.14. The molecule has 11 rings (SSSR count). The van der Waals surface area contributed by atoms with Crippen LogP contribution in [0.5, 0.6) is 0 Å². The van der Waals surface area contributed by atoms with E-state index in [1.165, 1.54) is 65.6 Å². The minimum absolute atomic E-state index is 0.104. The van der Waals surface area contributed by atoms with Crippen molar-refractivity contribution in [2.45, 2.75) is 19.3 Å². The SMILES string of the molecule is CC1(C)c2ccccc2-c2ccc(-c3cc(-c4ccccc4)nc(-c4cccc(-n5c6ccc7ccccc7c6c6c7ccccc7ccc65)c4)n3)cc21. The van der Waals surface area contributed by atoms with Gasteiger partial charge in [-0.2, -0.15) is 0 Å². The summed E-state index contributed by atoms with van der Waals surface area (Å²) in [7, 11) is 0. The van der Waals surface area contributed by atoms with Crippen molar-refractivity contribution >= 4 is 43.4 Å². The zero-order valence-electron chi connectivity index (χ0n) is 30.1. The zero-order chi connectivity index (χ0) is 36.0. The fourth-order valence-electron chi connectivity index (χ4n) is 8.95. The molecular weight excluding hydrogens is 655 g/mol. The van der Waals surface area contributed by atoms with Gasteiger partial charge >= 0.3 is 0 Å². The van der Waals surface area contributed by atoms with Crippen LogP contribution < -0.4 is 0 Å². The summed E-state index contributed by atoms with van der Waals surface area (Å²) in [5.41, 5.74) is 13.6. The van der Waals surface area contributed by atoms with Gasteiger partial charge in [0.2, 0.25) is 0 Å². The van der Waals surface area contributed by atoms with Gasteiger partial charge in [-0.05, 0) is 80.2 Å². The van der Waals surface area contributed by atoms with Crippen molar-refractivity contribution in [3.63, 3.8) is 0 Å². The summed E-state index contributed by atoms with van der Waals surface area (Å²) in [4.78, 5) is 10.6. The Labute approximate surface area is 313 Å². The van der Waals surface area contributed by atoms with Gasteiger partial charge in [0.15, 0.2) is 5.82 Å². The summed E-state index contributed by atoms with van der Waals surface area (Å²) in [5, 5.41) is 7.55. The lowest BCUT2D eigenvalue weighted by molar-refractivity contribution is 0.660. The maximum atomic E-state index is 5.33. The molecule has 0 saturated carbocycles. The minimum Gasteiger partial charge on any atom is -0.309 e. The van der Waals surface area contributed by atoms with Crippen molar-refractivity contribution in [2.75, 3.05) is 0 Å². The van der Waals surface area contributed by atoms with Gasteiger partial charge < -0.3 is 4.57 Å². The van der Waals surface area contributed by atoms with Gasteiger partial charge in [-0.15, -0.1) is 0 Å². The number of fused-ring (bicyclic) bond motifs is 10. The van der Waals surface area contributed by atoms with Crippen LogP contribution in [0.3, 0.4) is 0 Å². The molecule has 54 heavy (non-hydrogen) atoms. The molecule has 0 spiro atoms. The van der Waals surface area contributed by atoms with E-state index in [4.69, 9.17) is 9.97 Å². The second kappa shape index (κ2) is 11.6. The van der Waals surface area contributed by atoms with Crippen LogP contribution in [-0.2, 0) is 5.41 Å². The third kappa shape index (κ3) is 4.55. The highest BCUT2D eigenvalue weighted by Crippen LogP contribution is 2.49. The van der Waals surface area contributed by atoms with Gasteiger partial charge in [-0.3, -0.25) is 0 Å². The molecule has 10 aromatic rings. The molecule has 2 heterocycles. The van der Waals surface area contributed by atoms with Crippen LogP contribution in [0.2, 0.25) is 0 Å². The highest BCUT2D eigenvalue weighted by Gasteiger charge is 2.35. The van der Waals surface area contributed by atoms with Gasteiger partial charge in [0.05, 0.1) is 22.4 Å². The molecule has 0 saturated heterocycles. The Bertz CT molecular complexity index is 3040. The van der Waals surface area contributed by atoms with Crippen LogP contribution in [0.1, 0.15) is 25.0 Å². The summed E-state index contributed by atoms with van der Waals surface area (Å²) in [6.45, 7) is 4.65. The van der Waals surface area contributed by atoms with Crippen molar-refractivity contribution in [2.24, 2.45) is 0 Å². The number of benzene rings is 8. The lowest BCUT2D eigenvalue weighted by atomic mass is 9.82. The Kier molecular flexibility index (Phi) is 6.60. The Hall–Kier alpha value is -6.84. The van der Waals surface area contributed by atoms with E-state index in [0.29, 0.717) is 5.82 Å². The predicted octanol–water partition coefficient (Wildman–Crippen LogP) is 13.2. The second-order valence-corrected chi connectivity index (χ2v) is 15.0. The van der Waals surface area contributed by atoms with E-state index in [-0.39, 0.29) is 5.41 Å². The topological polar surface area (TPSA) is 30.7 Å². The summed E-state index contributed by atoms with van der Waals surface area (Å²) in [6, 6.07) is 63.4. The number of nitrogens with zero attached hydrogens (tertiary/aromatic N) is 3. The molecular formula is C51H35N3. The van der Waals surface area contributed by atoms with Crippen LogP contribution in [0.4, 0.5) is 0 Å². The molecule has 3 heteroatoms. The molecule has 0 unspecified atom stereocenters. The largest absolute Gasteiger partial charge is 0.309 e. The van der Waals surface area contributed by atoms with Crippen molar-refractivity contribution < 1.29 is 0 Å². The van der Waals surface area contributed by atoms with Gasteiger partial charge in [0.25, 0.3) is 0 Å². The van der Waals surface area contributed by atoms with Crippen molar-refractivity contribution in [3.05, 3.63) is 187 Å². The first-order valence-electron chi connectivity index (χ1n) is 18.7. The Balaban J connectivity index is 1.12. The lowest BCUT2D eigenvalue weighted by Gasteiger charge is -2.22. The summed E-state index contributed by atoms with van der Waals surface area (Å²) < 4.78 is 2.41. The molecule has 0 atom stereocenters.